The molecule has 2 aliphatic rings. The topological polar surface area (TPSA) is 68.8 Å². The lowest BCUT2D eigenvalue weighted by Gasteiger charge is -2.27. The van der Waals surface area contributed by atoms with E-state index in [0.29, 0.717) is 28.3 Å². The van der Waals surface area contributed by atoms with E-state index in [1.807, 2.05) is 0 Å². The monoisotopic (exact) mass is 371 g/mol. The van der Waals surface area contributed by atoms with Crippen molar-refractivity contribution in [3.63, 3.8) is 0 Å². The predicted octanol–water partition coefficient (Wildman–Crippen LogP) is 4.87. The Hall–Kier alpha value is -3.19. The summed E-state index contributed by atoms with van der Waals surface area (Å²) in [4.78, 5) is 0. The molecule has 1 atom stereocenters. The summed E-state index contributed by atoms with van der Waals surface area (Å²) in [6.07, 6.45) is -3.39. The second kappa shape index (κ2) is 6.85. The van der Waals surface area contributed by atoms with Crippen LogP contribution >= 0.6 is 0 Å². The SMILES string of the molecule is CC1=C(C#N)C(C2=CCC(c3ccccc3C(F)(F)F)O2)C(C#N)=C(C)N1. The van der Waals surface area contributed by atoms with Gasteiger partial charge in [-0.25, -0.2) is 0 Å². The fourth-order valence-electron chi connectivity index (χ4n) is 3.47. The number of nitrogens with zero attached hydrogens (tertiary/aromatic N) is 2. The van der Waals surface area contributed by atoms with E-state index in [0.717, 1.165) is 6.07 Å². The Morgan fingerprint density at radius 3 is 2.22 bits per heavy atom. The summed E-state index contributed by atoms with van der Waals surface area (Å²) in [6, 6.07) is 9.46. The molecular formula is C20H16F3N3O. The van der Waals surface area contributed by atoms with E-state index in [1.54, 1.807) is 19.9 Å². The normalized spacial score (nSPS) is 20.6. The van der Waals surface area contributed by atoms with Gasteiger partial charge in [-0.3, -0.25) is 0 Å². The van der Waals surface area contributed by atoms with Gasteiger partial charge in [-0.1, -0.05) is 18.2 Å². The molecule has 0 saturated carbocycles. The van der Waals surface area contributed by atoms with Crippen LogP contribution in [0.4, 0.5) is 13.2 Å². The highest BCUT2D eigenvalue weighted by atomic mass is 19.4. The van der Waals surface area contributed by atoms with Crippen LogP contribution in [-0.4, -0.2) is 0 Å². The van der Waals surface area contributed by atoms with Gasteiger partial charge in [0.2, 0.25) is 0 Å². The van der Waals surface area contributed by atoms with E-state index < -0.39 is 23.8 Å². The molecule has 0 saturated heterocycles. The fraction of sp³-hybridized carbons (Fsp3) is 0.300. The van der Waals surface area contributed by atoms with Gasteiger partial charge < -0.3 is 10.1 Å². The minimum Gasteiger partial charge on any atom is -0.489 e. The number of hydrogen-bond acceptors (Lipinski definition) is 4. The van der Waals surface area contributed by atoms with Gasteiger partial charge in [0, 0.05) is 23.4 Å². The first-order chi connectivity index (χ1) is 12.8. The van der Waals surface area contributed by atoms with Gasteiger partial charge >= 0.3 is 6.18 Å². The molecule has 138 valence electrons. The van der Waals surface area contributed by atoms with E-state index in [2.05, 4.69) is 17.5 Å². The van der Waals surface area contributed by atoms with Gasteiger partial charge in [0.05, 0.1) is 34.8 Å². The Morgan fingerprint density at radius 1 is 1.07 bits per heavy atom. The number of ether oxygens (including phenoxy) is 1. The highest BCUT2D eigenvalue weighted by molar-refractivity contribution is 5.51. The number of alkyl halides is 3. The number of nitriles is 2. The van der Waals surface area contributed by atoms with E-state index in [9.17, 15) is 23.7 Å². The second-order valence-electron chi connectivity index (χ2n) is 6.39. The number of halogens is 3. The van der Waals surface area contributed by atoms with Crippen molar-refractivity contribution < 1.29 is 17.9 Å². The Morgan fingerprint density at radius 2 is 1.67 bits per heavy atom. The van der Waals surface area contributed by atoms with Crippen molar-refractivity contribution in [2.45, 2.75) is 32.5 Å². The summed E-state index contributed by atoms with van der Waals surface area (Å²) < 4.78 is 45.8. The highest BCUT2D eigenvalue weighted by Gasteiger charge is 2.39. The molecule has 0 amide bonds. The third-order valence-corrected chi connectivity index (χ3v) is 4.71. The summed E-state index contributed by atoms with van der Waals surface area (Å²) in [5, 5.41) is 22.0. The Bertz CT molecular complexity index is 922. The van der Waals surface area contributed by atoms with Crippen LogP contribution in [0, 0.1) is 28.6 Å². The summed E-state index contributed by atoms with van der Waals surface area (Å²) in [5.41, 5.74) is 1.16. The molecule has 2 heterocycles. The molecule has 3 rings (SSSR count). The number of nitrogens with one attached hydrogen (secondary N) is 1. The minimum absolute atomic E-state index is 0.0450. The maximum Gasteiger partial charge on any atom is 0.416 e. The zero-order valence-corrected chi connectivity index (χ0v) is 14.7. The first kappa shape index (κ1) is 18.6. The van der Waals surface area contributed by atoms with Gasteiger partial charge in [-0.2, -0.15) is 23.7 Å². The van der Waals surface area contributed by atoms with Gasteiger partial charge in [0.15, 0.2) is 0 Å². The maximum absolute atomic E-state index is 13.3. The van der Waals surface area contributed by atoms with Crippen molar-refractivity contribution in [2.24, 2.45) is 5.92 Å². The lowest BCUT2D eigenvalue weighted by molar-refractivity contribution is -0.139. The number of rotatable bonds is 2. The van der Waals surface area contributed by atoms with Crippen LogP contribution in [0.5, 0.6) is 0 Å². The third kappa shape index (κ3) is 3.29. The lowest BCUT2D eigenvalue weighted by atomic mass is 9.85. The summed E-state index contributed by atoms with van der Waals surface area (Å²) in [7, 11) is 0. The molecule has 0 bridgehead atoms. The number of hydrogen-bond donors (Lipinski definition) is 1. The molecule has 0 aromatic heterocycles. The van der Waals surface area contributed by atoms with Crippen LogP contribution in [0.1, 0.15) is 37.5 Å². The van der Waals surface area contributed by atoms with Gasteiger partial charge in [-0.15, -0.1) is 0 Å². The van der Waals surface area contributed by atoms with Crippen molar-refractivity contribution in [1.82, 2.24) is 5.32 Å². The molecule has 0 spiro atoms. The average molecular weight is 371 g/mol. The number of benzene rings is 1. The van der Waals surface area contributed by atoms with Gasteiger partial charge in [0.1, 0.15) is 11.9 Å². The van der Waals surface area contributed by atoms with Crippen molar-refractivity contribution in [3.8, 4) is 12.1 Å². The van der Waals surface area contributed by atoms with Crippen LogP contribution in [-0.2, 0) is 10.9 Å². The summed E-state index contributed by atoms with van der Waals surface area (Å²) in [5.74, 6) is -0.366. The van der Waals surface area contributed by atoms with Crippen LogP contribution in [0.3, 0.4) is 0 Å². The average Bonchev–Trinajstić information content (AvgIpc) is 3.10. The van der Waals surface area contributed by atoms with Crippen LogP contribution in [0.15, 0.2) is 58.6 Å². The highest BCUT2D eigenvalue weighted by Crippen LogP contribution is 2.44. The molecule has 1 aromatic rings. The fourth-order valence-corrected chi connectivity index (χ4v) is 3.47. The molecule has 1 unspecified atom stereocenters. The number of allylic oxidation sites excluding steroid dienone is 3. The van der Waals surface area contributed by atoms with Gasteiger partial charge in [-0.05, 0) is 26.0 Å². The van der Waals surface area contributed by atoms with Crippen molar-refractivity contribution in [1.29, 1.82) is 10.5 Å². The van der Waals surface area contributed by atoms with Crippen LogP contribution in [0.25, 0.3) is 0 Å². The molecule has 1 aromatic carbocycles. The first-order valence-electron chi connectivity index (χ1n) is 8.29. The minimum atomic E-state index is -4.49. The van der Waals surface area contributed by atoms with E-state index >= 15 is 0 Å². The first-order valence-corrected chi connectivity index (χ1v) is 8.29. The molecule has 27 heavy (non-hydrogen) atoms. The smallest absolute Gasteiger partial charge is 0.416 e. The zero-order valence-electron chi connectivity index (χ0n) is 14.7. The largest absolute Gasteiger partial charge is 0.489 e. The van der Waals surface area contributed by atoms with Crippen molar-refractivity contribution in [3.05, 3.63) is 69.8 Å². The Balaban J connectivity index is 1.96. The zero-order chi connectivity index (χ0) is 19.8. The van der Waals surface area contributed by atoms with Crippen molar-refractivity contribution >= 4 is 0 Å². The number of dihydropyridines is 1. The summed E-state index contributed by atoms with van der Waals surface area (Å²) >= 11 is 0. The molecule has 0 aliphatic carbocycles. The second-order valence-corrected chi connectivity index (χ2v) is 6.39. The van der Waals surface area contributed by atoms with Crippen LogP contribution in [0.2, 0.25) is 0 Å². The molecule has 0 fully saturated rings. The molecule has 4 nitrogen and oxygen atoms in total. The predicted molar refractivity (Wildman–Crippen MR) is 91.2 cm³/mol. The molecule has 0 radical (unpaired) electrons. The third-order valence-electron chi connectivity index (χ3n) is 4.71. The Kier molecular flexibility index (Phi) is 4.72. The van der Waals surface area contributed by atoms with Crippen molar-refractivity contribution in [2.75, 3.05) is 0 Å². The Labute approximate surface area is 154 Å². The summed E-state index contributed by atoms with van der Waals surface area (Å²) in [6.45, 7) is 3.43. The van der Waals surface area contributed by atoms with E-state index in [-0.39, 0.29) is 12.0 Å². The quantitative estimate of drug-likeness (QED) is 0.806. The molecule has 2 aliphatic heterocycles. The van der Waals surface area contributed by atoms with Crippen LogP contribution < -0.4 is 5.32 Å². The van der Waals surface area contributed by atoms with Gasteiger partial charge in [0.25, 0.3) is 0 Å². The van der Waals surface area contributed by atoms with E-state index in [1.165, 1.54) is 18.2 Å². The lowest BCUT2D eigenvalue weighted by Crippen LogP contribution is -2.26. The molecular weight excluding hydrogens is 355 g/mol. The maximum atomic E-state index is 13.3. The molecule has 7 heteroatoms. The standard InChI is InChI=1S/C20H16F3N3O/c1-11-14(9-24)19(15(10-25)12(2)26-11)18-8-7-17(27-18)13-5-3-4-6-16(13)20(21,22)23/h3-6,8,17,19,26H,7H2,1-2H3. The molecule has 1 N–H and O–H groups in total. The van der Waals surface area contributed by atoms with E-state index in [4.69, 9.17) is 4.74 Å².